The number of carbonyl (C=O) groups is 1. The summed E-state index contributed by atoms with van der Waals surface area (Å²) in [7, 11) is 0. The summed E-state index contributed by atoms with van der Waals surface area (Å²) in [6.45, 7) is 0. The zero-order valence-electron chi connectivity index (χ0n) is 10.5. The lowest BCUT2D eigenvalue weighted by Gasteiger charge is -2.21. The Kier molecular flexibility index (Phi) is 3.55. The van der Waals surface area contributed by atoms with Crippen LogP contribution in [0.5, 0.6) is 0 Å². The van der Waals surface area contributed by atoms with E-state index in [0.29, 0.717) is 21.5 Å². The monoisotopic (exact) mass is 295 g/mol. The highest BCUT2D eigenvalue weighted by Gasteiger charge is 2.23. The summed E-state index contributed by atoms with van der Waals surface area (Å²) in [4.78, 5) is 14.8. The number of hydrogen-bond donors (Lipinski definition) is 1. The van der Waals surface area contributed by atoms with Crippen LogP contribution in [0.1, 0.15) is 54.1 Å². The second-order valence-electron chi connectivity index (χ2n) is 5.22. The minimum atomic E-state index is 0.441. The van der Waals surface area contributed by atoms with Gasteiger partial charge in [-0.2, -0.15) is 0 Å². The third kappa shape index (κ3) is 2.28. The highest BCUT2D eigenvalue weighted by molar-refractivity contribution is 6.39. The summed E-state index contributed by atoms with van der Waals surface area (Å²) in [6.07, 6.45) is 6.94. The van der Waals surface area contributed by atoms with Crippen molar-refractivity contribution in [2.75, 3.05) is 0 Å². The number of halogens is 2. The Hall–Kier alpha value is -0.990. The van der Waals surface area contributed by atoms with Gasteiger partial charge >= 0.3 is 0 Å². The van der Waals surface area contributed by atoms with Crippen LogP contribution in [0.2, 0.25) is 10.0 Å². The number of nitrogens with one attached hydrogen (secondary N) is 1. The molecule has 1 aromatic heterocycles. The van der Waals surface area contributed by atoms with Gasteiger partial charge in [0.2, 0.25) is 0 Å². The first-order chi connectivity index (χ1) is 9.20. The molecular formula is C15H15Cl2NO. The van der Waals surface area contributed by atoms with Crippen molar-refractivity contribution in [2.45, 2.75) is 38.0 Å². The molecule has 1 aliphatic rings. The van der Waals surface area contributed by atoms with Gasteiger partial charge in [-0.05, 0) is 30.9 Å². The Labute approximate surface area is 122 Å². The zero-order chi connectivity index (χ0) is 13.4. The van der Waals surface area contributed by atoms with Gasteiger partial charge in [0.05, 0.1) is 5.02 Å². The number of hydrogen-bond acceptors (Lipinski definition) is 1. The fourth-order valence-corrected chi connectivity index (χ4v) is 3.72. The Morgan fingerprint density at radius 2 is 1.89 bits per heavy atom. The standard InChI is InChI=1S/C15H15Cl2NO/c16-10-6-12(17)14-11(8-19)15(18-13(14)7-10)9-4-2-1-3-5-9/h6-9,18H,1-5H2. The van der Waals surface area contributed by atoms with Gasteiger partial charge in [0, 0.05) is 27.2 Å². The van der Waals surface area contributed by atoms with Gasteiger partial charge in [-0.3, -0.25) is 4.79 Å². The molecule has 3 rings (SSSR count). The third-order valence-electron chi connectivity index (χ3n) is 4.02. The van der Waals surface area contributed by atoms with Crippen LogP contribution in [0.15, 0.2) is 12.1 Å². The van der Waals surface area contributed by atoms with E-state index >= 15 is 0 Å². The van der Waals surface area contributed by atoms with Gasteiger partial charge in [-0.15, -0.1) is 0 Å². The van der Waals surface area contributed by atoms with Gasteiger partial charge in [0.15, 0.2) is 6.29 Å². The molecular weight excluding hydrogens is 281 g/mol. The quantitative estimate of drug-likeness (QED) is 0.746. The minimum Gasteiger partial charge on any atom is -0.357 e. The maximum absolute atomic E-state index is 11.5. The van der Waals surface area contributed by atoms with Gasteiger partial charge in [0.1, 0.15) is 0 Å². The molecule has 0 aliphatic heterocycles. The van der Waals surface area contributed by atoms with Gasteiger partial charge in [-0.25, -0.2) is 0 Å². The van der Waals surface area contributed by atoms with Crippen molar-refractivity contribution in [3.05, 3.63) is 33.4 Å². The van der Waals surface area contributed by atoms with E-state index in [1.54, 1.807) is 6.07 Å². The van der Waals surface area contributed by atoms with Crippen LogP contribution in [-0.2, 0) is 0 Å². The number of aromatic nitrogens is 1. The number of H-pyrrole nitrogens is 1. The van der Waals surface area contributed by atoms with E-state index in [9.17, 15) is 4.79 Å². The predicted octanol–water partition coefficient (Wildman–Crippen LogP) is 5.33. The Morgan fingerprint density at radius 3 is 2.58 bits per heavy atom. The molecule has 1 saturated carbocycles. The number of rotatable bonds is 2. The van der Waals surface area contributed by atoms with E-state index in [1.165, 1.54) is 19.3 Å². The molecule has 0 unspecified atom stereocenters. The number of aromatic amines is 1. The van der Waals surface area contributed by atoms with Crippen LogP contribution in [0.25, 0.3) is 10.9 Å². The van der Waals surface area contributed by atoms with Gasteiger partial charge < -0.3 is 4.98 Å². The number of carbonyl (C=O) groups excluding carboxylic acids is 1. The van der Waals surface area contributed by atoms with Crippen molar-refractivity contribution in [1.29, 1.82) is 0 Å². The number of fused-ring (bicyclic) bond motifs is 1. The topological polar surface area (TPSA) is 32.9 Å². The molecule has 4 heteroatoms. The number of aldehydes is 1. The summed E-state index contributed by atoms with van der Waals surface area (Å²) < 4.78 is 0. The first-order valence-electron chi connectivity index (χ1n) is 6.66. The Morgan fingerprint density at radius 1 is 1.16 bits per heavy atom. The molecule has 0 radical (unpaired) electrons. The van der Waals surface area contributed by atoms with Crippen molar-refractivity contribution in [3.8, 4) is 0 Å². The molecule has 1 N–H and O–H groups in total. The van der Waals surface area contributed by atoms with E-state index < -0.39 is 0 Å². The first-order valence-corrected chi connectivity index (χ1v) is 7.42. The molecule has 2 nitrogen and oxygen atoms in total. The average Bonchev–Trinajstić information content (AvgIpc) is 2.78. The Bertz CT molecular complexity index is 627. The lowest BCUT2D eigenvalue weighted by molar-refractivity contribution is 0.112. The van der Waals surface area contributed by atoms with Crippen LogP contribution in [0.3, 0.4) is 0 Å². The van der Waals surface area contributed by atoms with Gasteiger partial charge in [-0.1, -0.05) is 42.5 Å². The van der Waals surface area contributed by atoms with Crippen molar-refractivity contribution < 1.29 is 4.79 Å². The molecule has 0 amide bonds. The largest absolute Gasteiger partial charge is 0.357 e. The van der Waals surface area contributed by atoms with Crippen LogP contribution in [0.4, 0.5) is 0 Å². The van der Waals surface area contributed by atoms with Gasteiger partial charge in [0.25, 0.3) is 0 Å². The lowest BCUT2D eigenvalue weighted by atomic mass is 9.85. The van der Waals surface area contributed by atoms with Crippen molar-refractivity contribution in [3.63, 3.8) is 0 Å². The molecule has 0 atom stereocenters. The minimum absolute atomic E-state index is 0.441. The molecule has 19 heavy (non-hydrogen) atoms. The van der Waals surface area contributed by atoms with Crippen LogP contribution in [0, 0.1) is 0 Å². The van der Waals surface area contributed by atoms with E-state index in [2.05, 4.69) is 4.98 Å². The molecule has 1 aliphatic carbocycles. The molecule has 1 fully saturated rings. The molecule has 1 aromatic carbocycles. The van der Waals surface area contributed by atoms with E-state index in [1.807, 2.05) is 6.07 Å². The van der Waals surface area contributed by atoms with E-state index in [4.69, 9.17) is 23.2 Å². The summed E-state index contributed by atoms with van der Waals surface area (Å²) in [5, 5.41) is 1.94. The van der Waals surface area contributed by atoms with Crippen LogP contribution in [-0.4, -0.2) is 11.3 Å². The normalized spacial score (nSPS) is 16.9. The lowest BCUT2D eigenvalue weighted by Crippen LogP contribution is -2.06. The molecule has 2 aromatic rings. The molecule has 0 bridgehead atoms. The van der Waals surface area contributed by atoms with Crippen molar-refractivity contribution in [1.82, 2.24) is 4.98 Å². The predicted molar refractivity (Wildman–Crippen MR) is 79.5 cm³/mol. The van der Waals surface area contributed by atoms with Crippen LogP contribution >= 0.6 is 23.2 Å². The third-order valence-corrected chi connectivity index (χ3v) is 4.53. The molecule has 100 valence electrons. The highest BCUT2D eigenvalue weighted by Crippen LogP contribution is 2.39. The maximum Gasteiger partial charge on any atom is 0.152 e. The fourth-order valence-electron chi connectivity index (χ4n) is 3.13. The highest BCUT2D eigenvalue weighted by atomic mass is 35.5. The van der Waals surface area contributed by atoms with Crippen LogP contribution < -0.4 is 0 Å². The fraction of sp³-hybridized carbons (Fsp3) is 0.400. The second kappa shape index (κ2) is 5.18. The molecule has 1 heterocycles. The first kappa shape index (κ1) is 13.0. The summed E-state index contributed by atoms with van der Waals surface area (Å²) in [5.41, 5.74) is 2.61. The molecule has 0 saturated heterocycles. The summed E-state index contributed by atoms with van der Waals surface area (Å²) in [5.74, 6) is 0.441. The molecule has 0 spiro atoms. The van der Waals surface area contributed by atoms with E-state index in [0.717, 1.165) is 35.7 Å². The van der Waals surface area contributed by atoms with Crippen molar-refractivity contribution >= 4 is 40.4 Å². The smallest absolute Gasteiger partial charge is 0.152 e. The van der Waals surface area contributed by atoms with E-state index in [-0.39, 0.29) is 0 Å². The number of benzene rings is 1. The SMILES string of the molecule is O=Cc1c(C2CCCCC2)[nH]c2cc(Cl)cc(Cl)c12. The summed E-state index contributed by atoms with van der Waals surface area (Å²) >= 11 is 12.3. The second-order valence-corrected chi connectivity index (χ2v) is 6.06. The summed E-state index contributed by atoms with van der Waals surface area (Å²) in [6, 6.07) is 3.53. The van der Waals surface area contributed by atoms with Crippen molar-refractivity contribution in [2.24, 2.45) is 0 Å². The Balaban J connectivity index is 2.18. The average molecular weight is 296 g/mol. The zero-order valence-corrected chi connectivity index (χ0v) is 12.0. The maximum atomic E-state index is 11.5.